The van der Waals surface area contributed by atoms with Crippen LogP contribution in [0.4, 0.5) is 0 Å². The Labute approximate surface area is 170 Å². The summed E-state index contributed by atoms with van der Waals surface area (Å²) in [4.78, 5) is 30.8. The topological polar surface area (TPSA) is 97.6 Å². The number of aryl methyl sites for hydroxylation is 1. The second-order valence-electron chi connectivity index (χ2n) is 6.48. The normalized spacial score (nSPS) is 21.2. The number of amides is 2. The first-order chi connectivity index (χ1) is 13.4. The number of β-lactam (4-membered cyclic amide) rings is 1. The fraction of sp³-hybridized carbons (Fsp3) is 0.333. The van der Waals surface area contributed by atoms with Crippen molar-refractivity contribution in [1.82, 2.24) is 20.4 Å². The zero-order valence-electron chi connectivity index (χ0n) is 15.1. The van der Waals surface area contributed by atoms with Crippen LogP contribution in [0.25, 0.3) is 5.70 Å². The fourth-order valence-electron chi connectivity index (χ4n) is 3.09. The molecule has 0 aliphatic carbocycles. The van der Waals surface area contributed by atoms with Crippen LogP contribution < -0.4 is 10.1 Å². The Kier molecular flexibility index (Phi) is 5.03. The van der Waals surface area contributed by atoms with Gasteiger partial charge in [-0.2, -0.15) is 4.98 Å². The molecule has 1 fully saturated rings. The number of ether oxygens (including phenoxy) is 1. The molecule has 28 heavy (non-hydrogen) atoms. The number of nitrogens with one attached hydrogen (secondary N) is 1. The van der Waals surface area contributed by atoms with E-state index in [4.69, 9.17) is 20.9 Å². The van der Waals surface area contributed by atoms with E-state index in [1.807, 2.05) is 6.92 Å². The molecule has 10 heteroatoms. The maximum absolute atomic E-state index is 12.7. The van der Waals surface area contributed by atoms with Crippen molar-refractivity contribution in [3.05, 3.63) is 46.6 Å². The summed E-state index contributed by atoms with van der Waals surface area (Å²) in [7, 11) is 0. The average molecular weight is 421 g/mol. The molecule has 2 aliphatic heterocycles. The van der Waals surface area contributed by atoms with Gasteiger partial charge in [0, 0.05) is 10.8 Å². The highest BCUT2D eigenvalue weighted by Crippen LogP contribution is 2.43. The number of halogens is 1. The van der Waals surface area contributed by atoms with Crippen molar-refractivity contribution in [1.29, 1.82) is 0 Å². The molecule has 146 valence electrons. The smallest absolute Gasteiger partial charge is 0.274 e. The lowest BCUT2D eigenvalue weighted by Crippen LogP contribution is -2.69. The Hall–Kier alpha value is -2.52. The van der Waals surface area contributed by atoms with E-state index in [1.165, 1.54) is 0 Å². The van der Waals surface area contributed by atoms with Crippen molar-refractivity contribution in [2.75, 3.05) is 12.4 Å². The van der Waals surface area contributed by atoms with E-state index < -0.39 is 6.04 Å². The van der Waals surface area contributed by atoms with Crippen molar-refractivity contribution >= 4 is 40.9 Å². The molecule has 0 bridgehead atoms. The van der Waals surface area contributed by atoms with Crippen LogP contribution in [-0.2, 0) is 9.59 Å². The lowest BCUT2D eigenvalue weighted by molar-refractivity contribution is -0.144. The largest absolute Gasteiger partial charge is 0.484 e. The number of rotatable bonds is 5. The molecular formula is C18H17ClN4O4S. The van der Waals surface area contributed by atoms with Gasteiger partial charge in [-0.25, -0.2) is 0 Å². The molecule has 0 radical (unpaired) electrons. The molecule has 0 saturated carbocycles. The van der Waals surface area contributed by atoms with Gasteiger partial charge in [0.25, 0.3) is 17.7 Å². The van der Waals surface area contributed by atoms with Crippen LogP contribution in [0.15, 0.2) is 34.4 Å². The Morgan fingerprint density at radius 1 is 1.46 bits per heavy atom. The molecule has 3 heterocycles. The molecule has 8 nitrogen and oxygen atoms in total. The van der Waals surface area contributed by atoms with Crippen LogP contribution >= 0.6 is 23.4 Å². The quantitative estimate of drug-likeness (QED) is 0.740. The van der Waals surface area contributed by atoms with E-state index in [0.717, 1.165) is 5.57 Å². The SMILES string of the molecule is CC1=C(c2nc(C)no2)N2C(=O)[C@@H](NC(=O)COc3cccc(Cl)c3)[C@H]2SC1. The van der Waals surface area contributed by atoms with E-state index >= 15 is 0 Å². The third-order valence-electron chi connectivity index (χ3n) is 4.37. The van der Waals surface area contributed by atoms with Crippen LogP contribution in [-0.4, -0.2) is 50.6 Å². The minimum absolute atomic E-state index is 0.202. The first-order valence-electron chi connectivity index (χ1n) is 8.57. The Balaban J connectivity index is 1.40. The molecule has 1 aromatic heterocycles. The van der Waals surface area contributed by atoms with Gasteiger partial charge >= 0.3 is 0 Å². The minimum Gasteiger partial charge on any atom is -0.484 e. The van der Waals surface area contributed by atoms with E-state index in [1.54, 1.807) is 47.9 Å². The predicted molar refractivity (Wildman–Crippen MR) is 104 cm³/mol. The third kappa shape index (κ3) is 3.47. The number of carbonyl (C=O) groups is 2. The molecule has 0 unspecified atom stereocenters. The highest BCUT2D eigenvalue weighted by molar-refractivity contribution is 8.00. The van der Waals surface area contributed by atoms with Gasteiger partial charge in [0.2, 0.25) is 0 Å². The van der Waals surface area contributed by atoms with Crippen molar-refractivity contribution < 1.29 is 18.8 Å². The zero-order valence-corrected chi connectivity index (χ0v) is 16.7. The van der Waals surface area contributed by atoms with Gasteiger partial charge in [-0.05, 0) is 37.6 Å². The van der Waals surface area contributed by atoms with Crippen LogP contribution in [0.5, 0.6) is 5.75 Å². The van der Waals surface area contributed by atoms with Gasteiger partial charge in [-0.3, -0.25) is 14.5 Å². The molecule has 1 saturated heterocycles. The van der Waals surface area contributed by atoms with Crippen molar-refractivity contribution in [2.24, 2.45) is 0 Å². The standard InChI is InChI=1S/C18H17ClN4O4S/c1-9-8-28-18-14(17(25)23(18)15(9)16-20-10(2)22-27-16)21-13(24)7-26-12-5-3-4-11(19)6-12/h3-6,14,18H,7-8H2,1-2H3,(H,21,24)/t14-,18-/m1/s1. The maximum Gasteiger partial charge on any atom is 0.274 e. The molecule has 1 aromatic carbocycles. The number of fused-ring (bicyclic) bond motifs is 1. The van der Waals surface area contributed by atoms with Gasteiger partial charge in [-0.1, -0.05) is 22.8 Å². The van der Waals surface area contributed by atoms with E-state index in [-0.39, 0.29) is 23.8 Å². The van der Waals surface area contributed by atoms with Crippen molar-refractivity contribution in [2.45, 2.75) is 25.3 Å². The number of benzene rings is 1. The number of hydrogen-bond donors (Lipinski definition) is 1. The maximum atomic E-state index is 12.7. The van der Waals surface area contributed by atoms with Crippen molar-refractivity contribution in [3.8, 4) is 5.75 Å². The number of nitrogens with zero attached hydrogens (tertiary/aromatic N) is 3. The van der Waals surface area contributed by atoms with Crippen molar-refractivity contribution in [3.63, 3.8) is 0 Å². The fourth-order valence-corrected chi connectivity index (χ4v) is 4.56. The highest BCUT2D eigenvalue weighted by atomic mass is 35.5. The lowest BCUT2D eigenvalue weighted by Gasteiger charge is -2.49. The molecule has 4 rings (SSSR count). The number of thioether (sulfide) groups is 1. The predicted octanol–water partition coefficient (Wildman–Crippen LogP) is 2.24. The summed E-state index contributed by atoms with van der Waals surface area (Å²) in [6.45, 7) is 3.45. The van der Waals surface area contributed by atoms with Crippen LogP contribution in [0.3, 0.4) is 0 Å². The second kappa shape index (κ2) is 7.48. The molecule has 0 spiro atoms. The minimum atomic E-state index is -0.618. The Morgan fingerprint density at radius 3 is 3.00 bits per heavy atom. The van der Waals surface area contributed by atoms with E-state index in [2.05, 4.69) is 15.5 Å². The molecule has 2 amide bonds. The van der Waals surface area contributed by atoms with E-state index in [9.17, 15) is 9.59 Å². The number of aromatic nitrogens is 2. The Bertz CT molecular complexity index is 976. The summed E-state index contributed by atoms with van der Waals surface area (Å²) in [5, 5.41) is 6.85. The number of carbonyl (C=O) groups excluding carboxylic acids is 2. The highest BCUT2D eigenvalue weighted by Gasteiger charge is 2.53. The molecule has 2 aromatic rings. The van der Waals surface area contributed by atoms with Crippen LogP contribution in [0, 0.1) is 6.92 Å². The summed E-state index contributed by atoms with van der Waals surface area (Å²) in [5.74, 6) is 1.43. The summed E-state index contributed by atoms with van der Waals surface area (Å²) in [6.07, 6.45) is 0. The first kappa shape index (κ1) is 18.8. The first-order valence-corrected chi connectivity index (χ1v) is 9.99. The summed E-state index contributed by atoms with van der Waals surface area (Å²) < 4.78 is 10.7. The summed E-state index contributed by atoms with van der Waals surface area (Å²) in [6, 6.07) is 6.16. The van der Waals surface area contributed by atoms with Gasteiger partial charge in [-0.15, -0.1) is 11.8 Å². The zero-order chi connectivity index (χ0) is 19.8. The molecule has 2 aliphatic rings. The van der Waals surface area contributed by atoms with Crippen LogP contribution in [0.1, 0.15) is 18.6 Å². The Morgan fingerprint density at radius 2 is 2.29 bits per heavy atom. The lowest BCUT2D eigenvalue weighted by atomic mass is 10.0. The van der Waals surface area contributed by atoms with Gasteiger partial charge in [0.05, 0.1) is 0 Å². The summed E-state index contributed by atoms with van der Waals surface area (Å²) in [5.41, 5.74) is 1.61. The monoisotopic (exact) mass is 420 g/mol. The van der Waals surface area contributed by atoms with Gasteiger partial charge in [0.15, 0.2) is 12.4 Å². The second-order valence-corrected chi connectivity index (χ2v) is 8.02. The number of hydrogen-bond acceptors (Lipinski definition) is 7. The van der Waals surface area contributed by atoms with Gasteiger partial charge < -0.3 is 14.6 Å². The molecule has 2 atom stereocenters. The molecule has 1 N–H and O–H groups in total. The van der Waals surface area contributed by atoms with Gasteiger partial charge in [0.1, 0.15) is 22.9 Å². The molecular weight excluding hydrogens is 404 g/mol. The third-order valence-corrected chi connectivity index (χ3v) is 6.03. The average Bonchev–Trinajstić information content (AvgIpc) is 3.10. The van der Waals surface area contributed by atoms with Crippen LogP contribution in [0.2, 0.25) is 5.02 Å². The summed E-state index contributed by atoms with van der Waals surface area (Å²) >= 11 is 7.47. The van der Waals surface area contributed by atoms with E-state index in [0.29, 0.717) is 33.9 Å².